The molecule has 4 rings (SSSR count). The normalized spacial score (nSPS) is 10.9. The van der Waals surface area contributed by atoms with Gasteiger partial charge in [0.25, 0.3) is 0 Å². The molecule has 1 aromatic heterocycles. The fourth-order valence-electron chi connectivity index (χ4n) is 3.55. The van der Waals surface area contributed by atoms with Crippen molar-refractivity contribution in [3.8, 4) is 5.75 Å². The lowest BCUT2D eigenvalue weighted by atomic mass is 10.0. The maximum absolute atomic E-state index is 14.7. The lowest BCUT2D eigenvalue weighted by Crippen LogP contribution is -2.21. The summed E-state index contributed by atoms with van der Waals surface area (Å²) < 4.78 is 35.4. The van der Waals surface area contributed by atoms with Gasteiger partial charge in [-0.15, -0.1) is 0 Å². The predicted octanol–water partition coefficient (Wildman–Crippen LogP) is 4.96. The van der Waals surface area contributed by atoms with Gasteiger partial charge >= 0.3 is 0 Å². The zero-order valence-corrected chi connectivity index (χ0v) is 16.8. The van der Waals surface area contributed by atoms with Crippen molar-refractivity contribution in [3.05, 3.63) is 111 Å². The van der Waals surface area contributed by atoms with Crippen LogP contribution < -0.4 is 10.2 Å². The molecule has 0 spiro atoms. The lowest BCUT2D eigenvalue weighted by Gasteiger charge is -2.14. The molecule has 4 aromatic rings. The Balaban J connectivity index is 1.88. The summed E-state index contributed by atoms with van der Waals surface area (Å²) in [5.41, 5.74) is 0.214. The first-order valence-electron chi connectivity index (χ1n) is 9.81. The predicted molar refractivity (Wildman–Crippen MR) is 115 cm³/mol. The molecule has 0 saturated carbocycles. The smallest absolute Gasteiger partial charge is 0.200 e. The molecule has 3 aromatic carbocycles. The Bertz CT molecular complexity index is 1310. The average Bonchev–Trinajstić information content (AvgIpc) is 2.76. The standard InChI is InChI=1S/C25H19F2NO3/c1-2-31-19-10-8-17(9-11-19)24(29)21-15-28(14-16-6-4-3-5-7-16)23-20(25(21)30)12-18(26)13-22(23)27/h3-13,15H,2,14H2,1H3. The number of pyridine rings is 1. The summed E-state index contributed by atoms with van der Waals surface area (Å²) in [7, 11) is 0. The highest BCUT2D eigenvalue weighted by molar-refractivity contribution is 6.10. The third-order valence-electron chi connectivity index (χ3n) is 4.96. The van der Waals surface area contributed by atoms with E-state index in [2.05, 4.69) is 0 Å². The van der Waals surface area contributed by atoms with Crippen LogP contribution in [0.3, 0.4) is 0 Å². The van der Waals surface area contributed by atoms with Gasteiger partial charge in [0, 0.05) is 24.4 Å². The van der Waals surface area contributed by atoms with Crippen LogP contribution in [0.1, 0.15) is 28.4 Å². The van der Waals surface area contributed by atoms with Crippen LogP contribution in [0.5, 0.6) is 5.75 Å². The number of carbonyl (C=O) groups excluding carboxylic acids is 1. The zero-order valence-electron chi connectivity index (χ0n) is 16.8. The Kier molecular flexibility index (Phi) is 5.62. The van der Waals surface area contributed by atoms with Gasteiger partial charge in [0.1, 0.15) is 11.6 Å². The van der Waals surface area contributed by atoms with Crippen molar-refractivity contribution in [1.82, 2.24) is 4.57 Å². The van der Waals surface area contributed by atoms with E-state index >= 15 is 0 Å². The van der Waals surface area contributed by atoms with Gasteiger partial charge in [-0.05, 0) is 42.8 Å². The molecule has 156 valence electrons. The highest BCUT2D eigenvalue weighted by atomic mass is 19.1. The van der Waals surface area contributed by atoms with Crippen LogP contribution in [0.25, 0.3) is 10.9 Å². The minimum Gasteiger partial charge on any atom is -0.494 e. The summed E-state index contributed by atoms with van der Waals surface area (Å²) in [5, 5.41) is -0.176. The first-order chi connectivity index (χ1) is 15.0. The van der Waals surface area contributed by atoms with E-state index in [4.69, 9.17) is 4.74 Å². The third-order valence-corrected chi connectivity index (χ3v) is 4.96. The maximum Gasteiger partial charge on any atom is 0.200 e. The molecule has 0 amide bonds. The van der Waals surface area contributed by atoms with Gasteiger partial charge in [-0.25, -0.2) is 8.78 Å². The molecule has 0 atom stereocenters. The fraction of sp³-hybridized carbons (Fsp3) is 0.120. The van der Waals surface area contributed by atoms with Crippen LogP contribution in [0, 0.1) is 11.6 Å². The van der Waals surface area contributed by atoms with Crippen molar-refractivity contribution in [2.75, 3.05) is 6.61 Å². The maximum atomic E-state index is 14.7. The van der Waals surface area contributed by atoms with Gasteiger partial charge in [0.2, 0.25) is 5.43 Å². The number of hydrogen-bond acceptors (Lipinski definition) is 3. The van der Waals surface area contributed by atoms with Crippen molar-refractivity contribution in [3.63, 3.8) is 0 Å². The monoisotopic (exact) mass is 419 g/mol. The van der Waals surface area contributed by atoms with Gasteiger partial charge in [0.15, 0.2) is 11.6 Å². The van der Waals surface area contributed by atoms with Crippen LogP contribution in [0.15, 0.2) is 77.7 Å². The first kappa shape index (κ1) is 20.5. The summed E-state index contributed by atoms with van der Waals surface area (Å²) in [6.07, 6.45) is 1.34. The van der Waals surface area contributed by atoms with Crippen molar-refractivity contribution in [1.29, 1.82) is 0 Å². The minimum atomic E-state index is -0.876. The molecule has 0 fully saturated rings. The number of ether oxygens (including phenoxy) is 1. The molecule has 31 heavy (non-hydrogen) atoms. The summed E-state index contributed by atoms with van der Waals surface area (Å²) in [5.74, 6) is -1.66. The molecule has 0 unspecified atom stereocenters. The number of nitrogens with zero attached hydrogens (tertiary/aromatic N) is 1. The highest BCUT2D eigenvalue weighted by Gasteiger charge is 2.20. The van der Waals surface area contributed by atoms with Crippen molar-refractivity contribution < 1.29 is 18.3 Å². The van der Waals surface area contributed by atoms with E-state index in [1.807, 2.05) is 37.3 Å². The van der Waals surface area contributed by atoms with Crippen LogP contribution in [0.2, 0.25) is 0 Å². The van der Waals surface area contributed by atoms with Crippen LogP contribution >= 0.6 is 0 Å². The number of aromatic nitrogens is 1. The summed E-state index contributed by atoms with van der Waals surface area (Å²) in [4.78, 5) is 26.1. The molecule has 0 saturated heterocycles. The second kappa shape index (κ2) is 8.52. The molecule has 4 nitrogen and oxygen atoms in total. The molecule has 0 aliphatic rings. The minimum absolute atomic E-state index is 0.0431. The number of fused-ring (bicyclic) bond motifs is 1. The van der Waals surface area contributed by atoms with E-state index in [1.165, 1.54) is 10.8 Å². The van der Waals surface area contributed by atoms with E-state index < -0.39 is 22.8 Å². The second-order valence-corrected chi connectivity index (χ2v) is 7.06. The second-order valence-electron chi connectivity index (χ2n) is 7.06. The lowest BCUT2D eigenvalue weighted by molar-refractivity contribution is 0.103. The molecule has 0 aliphatic carbocycles. The summed E-state index contributed by atoms with van der Waals surface area (Å²) in [6, 6.07) is 17.3. The molecular formula is C25H19F2NO3. The molecule has 1 heterocycles. The van der Waals surface area contributed by atoms with Crippen molar-refractivity contribution in [2.45, 2.75) is 13.5 Å². The number of benzene rings is 3. The van der Waals surface area contributed by atoms with Gasteiger partial charge in [-0.2, -0.15) is 0 Å². The van der Waals surface area contributed by atoms with E-state index in [1.54, 1.807) is 24.3 Å². The Morgan fingerprint density at radius 3 is 2.39 bits per heavy atom. The van der Waals surface area contributed by atoms with Gasteiger partial charge in [-0.1, -0.05) is 30.3 Å². The molecule has 0 N–H and O–H groups in total. The molecule has 0 bridgehead atoms. The molecular weight excluding hydrogens is 400 g/mol. The number of rotatable bonds is 6. The van der Waals surface area contributed by atoms with E-state index in [0.717, 1.165) is 17.7 Å². The number of ketones is 1. The average molecular weight is 419 g/mol. The van der Waals surface area contributed by atoms with Gasteiger partial charge in [0.05, 0.1) is 23.1 Å². The molecule has 0 radical (unpaired) electrons. The van der Waals surface area contributed by atoms with E-state index in [-0.39, 0.29) is 28.6 Å². The van der Waals surface area contributed by atoms with Crippen molar-refractivity contribution >= 4 is 16.7 Å². The Hall–Kier alpha value is -3.80. The first-order valence-corrected chi connectivity index (χ1v) is 9.81. The Morgan fingerprint density at radius 1 is 1.00 bits per heavy atom. The van der Waals surface area contributed by atoms with Crippen LogP contribution in [0.4, 0.5) is 8.78 Å². The SMILES string of the molecule is CCOc1ccc(C(=O)c2cn(Cc3ccccc3)c3c(F)cc(F)cc3c2=O)cc1. The Labute approximate surface area is 177 Å². The zero-order chi connectivity index (χ0) is 22.0. The summed E-state index contributed by atoms with van der Waals surface area (Å²) in [6.45, 7) is 2.55. The van der Waals surface area contributed by atoms with Gasteiger partial charge in [-0.3, -0.25) is 9.59 Å². The number of carbonyl (C=O) groups is 1. The number of hydrogen-bond donors (Lipinski definition) is 0. The van der Waals surface area contributed by atoms with Crippen LogP contribution in [-0.2, 0) is 6.54 Å². The fourth-order valence-corrected chi connectivity index (χ4v) is 3.55. The van der Waals surface area contributed by atoms with Gasteiger partial charge < -0.3 is 9.30 Å². The largest absolute Gasteiger partial charge is 0.494 e. The Morgan fingerprint density at radius 2 is 1.71 bits per heavy atom. The quantitative estimate of drug-likeness (QED) is 0.415. The van der Waals surface area contributed by atoms with E-state index in [0.29, 0.717) is 12.4 Å². The van der Waals surface area contributed by atoms with E-state index in [9.17, 15) is 18.4 Å². The number of halogens is 2. The highest BCUT2D eigenvalue weighted by Crippen LogP contribution is 2.21. The van der Waals surface area contributed by atoms with Crippen LogP contribution in [-0.4, -0.2) is 17.0 Å². The topological polar surface area (TPSA) is 48.3 Å². The summed E-state index contributed by atoms with van der Waals surface area (Å²) >= 11 is 0. The molecule has 0 aliphatic heterocycles. The third kappa shape index (κ3) is 4.10. The van der Waals surface area contributed by atoms with Crippen molar-refractivity contribution in [2.24, 2.45) is 0 Å². The molecule has 6 heteroatoms.